The van der Waals surface area contributed by atoms with Crippen molar-refractivity contribution < 1.29 is 13.9 Å². The minimum absolute atomic E-state index is 0.145. The van der Waals surface area contributed by atoms with Gasteiger partial charge in [-0.25, -0.2) is 0 Å². The van der Waals surface area contributed by atoms with Crippen molar-refractivity contribution in [1.82, 2.24) is 0 Å². The molecule has 1 aliphatic heterocycles. The second kappa shape index (κ2) is 2.94. The van der Waals surface area contributed by atoms with Crippen LogP contribution in [0.2, 0.25) is 0 Å². The molecule has 0 radical (unpaired) electrons. The van der Waals surface area contributed by atoms with Gasteiger partial charge in [-0.2, -0.15) is 4.39 Å². The van der Waals surface area contributed by atoms with E-state index in [1.807, 2.05) is 0 Å². The second-order valence-corrected chi connectivity index (χ2v) is 5.50. The number of alkyl halides is 1. The highest BCUT2D eigenvalue weighted by Crippen LogP contribution is 2.47. The summed E-state index contributed by atoms with van der Waals surface area (Å²) in [4.78, 5) is 11.2. The monoisotopic (exact) mass is 200 g/mol. The average molecular weight is 200 g/mol. The van der Waals surface area contributed by atoms with Crippen LogP contribution >= 0.6 is 0 Å². The summed E-state index contributed by atoms with van der Waals surface area (Å²) in [6.07, 6.45) is 2.90. The van der Waals surface area contributed by atoms with Crippen molar-refractivity contribution in [3.63, 3.8) is 0 Å². The first-order valence-electron chi connectivity index (χ1n) is 5.29. The molecule has 1 saturated carbocycles. The molecule has 3 heteroatoms. The summed E-state index contributed by atoms with van der Waals surface area (Å²) in [7, 11) is 0. The van der Waals surface area contributed by atoms with Crippen molar-refractivity contribution in [3.05, 3.63) is 0 Å². The van der Waals surface area contributed by atoms with Crippen molar-refractivity contribution >= 4 is 5.97 Å². The van der Waals surface area contributed by atoms with Gasteiger partial charge < -0.3 is 4.74 Å². The molecule has 0 aromatic heterocycles. The Kier molecular flexibility index (Phi) is 2.09. The van der Waals surface area contributed by atoms with E-state index < -0.39 is 5.85 Å². The van der Waals surface area contributed by atoms with Gasteiger partial charge in [-0.15, -0.1) is 0 Å². The Morgan fingerprint density at radius 2 is 2.07 bits per heavy atom. The standard InChI is InChI=1S/C11H17FO2/c1-10(2)3-4-11(12)7-8(6-10)5-9(13)14-11/h8H,3-7H2,1-2H3. The lowest BCUT2D eigenvalue weighted by atomic mass is 9.80. The number of carbonyl (C=O) groups excluding carboxylic acids is 1. The molecular weight excluding hydrogens is 183 g/mol. The molecule has 0 spiro atoms. The molecule has 2 bridgehead atoms. The minimum Gasteiger partial charge on any atom is -0.428 e. The fourth-order valence-electron chi connectivity index (χ4n) is 2.73. The summed E-state index contributed by atoms with van der Waals surface area (Å²) < 4.78 is 18.8. The van der Waals surface area contributed by atoms with Gasteiger partial charge in [-0.1, -0.05) is 13.8 Å². The van der Waals surface area contributed by atoms with Gasteiger partial charge in [-0.3, -0.25) is 4.79 Å². The smallest absolute Gasteiger partial charge is 0.308 e. The van der Waals surface area contributed by atoms with Gasteiger partial charge >= 0.3 is 5.97 Å². The van der Waals surface area contributed by atoms with E-state index in [9.17, 15) is 9.18 Å². The van der Waals surface area contributed by atoms with Crippen LogP contribution in [0.15, 0.2) is 0 Å². The lowest BCUT2D eigenvalue weighted by Crippen LogP contribution is -2.37. The highest BCUT2D eigenvalue weighted by Gasteiger charge is 2.46. The van der Waals surface area contributed by atoms with Crippen molar-refractivity contribution in [2.24, 2.45) is 11.3 Å². The number of halogens is 1. The molecule has 0 aromatic rings. The lowest BCUT2D eigenvalue weighted by molar-refractivity contribution is -0.200. The number of rotatable bonds is 0. The van der Waals surface area contributed by atoms with E-state index in [1.54, 1.807) is 0 Å². The zero-order chi connectivity index (χ0) is 10.4. The molecule has 1 aliphatic carbocycles. The molecule has 2 rings (SSSR count). The first-order chi connectivity index (χ1) is 6.39. The molecular formula is C11H17FO2. The zero-order valence-corrected chi connectivity index (χ0v) is 8.81. The van der Waals surface area contributed by atoms with E-state index in [0.717, 1.165) is 12.8 Å². The zero-order valence-electron chi connectivity index (χ0n) is 8.81. The summed E-state index contributed by atoms with van der Waals surface area (Å²) in [5.41, 5.74) is 0.145. The first-order valence-corrected chi connectivity index (χ1v) is 5.29. The molecule has 14 heavy (non-hydrogen) atoms. The highest BCUT2D eigenvalue weighted by atomic mass is 19.2. The van der Waals surface area contributed by atoms with Crippen LogP contribution in [0.1, 0.15) is 46.0 Å². The Balaban J connectivity index is 2.21. The minimum atomic E-state index is -1.66. The molecule has 0 aromatic carbocycles. The summed E-state index contributed by atoms with van der Waals surface area (Å²) in [6, 6.07) is 0. The van der Waals surface area contributed by atoms with E-state index in [0.29, 0.717) is 19.3 Å². The Morgan fingerprint density at radius 1 is 1.36 bits per heavy atom. The van der Waals surface area contributed by atoms with Gasteiger partial charge in [-0.05, 0) is 24.2 Å². The molecule has 0 amide bonds. The SMILES string of the molecule is CC1(C)CCC2(F)CC(CC(=O)O2)C1. The van der Waals surface area contributed by atoms with Gasteiger partial charge in [0.05, 0.1) is 0 Å². The number of hydrogen-bond donors (Lipinski definition) is 0. The predicted octanol–water partition coefficient (Wildman–Crippen LogP) is 2.82. The molecule has 1 heterocycles. The number of carbonyl (C=O) groups is 1. The summed E-state index contributed by atoms with van der Waals surface area (Å²) in [6.45, 7) is 4.28. The van der Waals surface area contributed by atoms with Crippen molar-refractivity contribution in [1.29, 1.82) is 0 Å². The van der Waals surface area contributed by atoms with Gasteiger partial charge in [0.2, 0.25) is 0 Å². The molecule has 80 valence electrons. The Labute approximate surface area is 83.8 Å². The van der Waals surface area contributed by atoms with E-state index >= 15 is 0 Å². The van der Waals surface area contributed by atoms with Gasteiger partial charge in [0.25, 0.3) is 5.85 Å². The van der Waals surface area contributed by atoms with E-state index in [1.165, 1.54) is 0 Å². The summed E-state index contributed by atoms with van der Waals surface area (Å²) >= 11 is 0. The second-order valence-electron chi connectivity index (χ2n) is 5.50. The molecule has 0 N–H and O–H groups in total. The van der Waals surface area contributed by atoms with E-state index in [2.05, 4.69) is 13.8 Å². The Morgan fingerprint density at radius 3 is 2.79 bits per heavy atom. The van der Waals surface area contributed by atoms with E-state index in [4.69, 9.17) is 4.74 Å². The third-order valence-corrected chi connectivity index (χ3v) is 3.36. The van der Waals surface area contributed by atoms with Crippen molar-refractivity contribution in [2.45, 2.75) is 51.8 Å². The number of esters is 1. The van der Waals surface area contributed by atoms with Crippen LogP contribution in [0.4, 0.5) is 4.39 Å². The van der Waals surface area contributed by atoms with Crippen LogP contribution in [0.5, 0.6) is 0 Å². The topological polar surface area (TPSA) is 26.3 Å². The maximum absolute atomic E-state index is 14.0. The van der Waals surface area contributed by atoms with Crippen LogP contribution in [-0.4, -0.2) is 11.8 Å². The van der Waals surface area contributed by atoms with Gasteiger partial charge in [0.1, 0.15) is 0 Å². The first kappa shape index (κ1) is 9.94. The van der Waals surface area contributed by atoms with Crippen LogP contribution in [0.3, 0.4) is 0 Å². The van der Waals surface area contributed by atoms with Gasteiger partial charge in [0, 0.05) is 19.3 Å². The molecule has 2 unspecified atom stereocenters. The average Bonchev–Trinajstić information content (AvgIpc) is 2.05. The normalized spacial score (nSPS) is 41.4. The number of hydrogen-bond acceptors (Lipinski definition) is 2. The number of ether oxygens (including phenoxy) is 1. The van der Waals surface area contributed by atoms with E-state index in [-0.39, 0.29) is 17.3 Å². The third-order valence-electron chi connectivity index (χ3n) is 3.36. The van der Waals surface area contributed by atoms with Crippen molar-refractivity contribution in [2.75, 3.05) is 0 Å². The summed E-state index contributed by atoms with van der Waals surface area (Å²) in [5.74, 6) is -1.84. The lowest BCUT2D eigenvalue weighted by Gasteiger charge is -2.31. The van der Waals surface area contributed by atoms with Crippen molar-refractivity contribution in [3.8, 4) is 0 Å². The van der Waals surface area contributed by atoms with Crippen LogP contribution in [0, 0.1) is 11.3 Å². The third kappa shape index (κ3) is 1.91. The summed E-state index contributed by atoms with van der Waals surface area (Å²) in [5, 5.41) is 0. The molecule has 2 fully saturated rings. The maximum atomic E-state index is 14.0. The molecule has 1 saturated heterocycles. The maximum Gasteiger partial charge on any atom is 0.308 e. The van der Waals surface area contributed by atoms with Crippen LogP contribution in [0.25, 0.3) is 0 Å². The fraction of sp³-hybridized carbons (Fsp3) is 0.909. The molecule has 2 aliphatic rings. The number of fused-ring (bicyclic) bond motifs is 2. The molecule has 2 nitrogen and oxygen atoms in total. The molecule has 2 atom stereocenters. The van der Waals surface area contributed by atoms with Gasteiger partial charge in [0.15, 0.2) is 0 Å². The largest absolute Gasteiger partial charge is 0.428 e. The van der Waals surface area contributed by atoms with Crippen LogP contribution < -0.4 is 0 Å². The Bertz CT molecular complexity index is 260. The predicted molar refractivity (Wildman–Crippen MR) is 50.3 cm³/mol. The van der Waals surface area contributed by atoms with Crippen LogP contribution in [-0.2, 0) is 9.53 Å². The quantitative estimate of drug-likeness (QED) is 0.562. The Hall–Kier alpha value is -0.600. The fourth-order valence-corrected chi connectivity index (χ4v) is 2.73. The highest BCUT2D eigenvalue weighted by molar-refractivity contribution is 5.71.